The van der Waals surface area contributed by atoms with Crippen molar-refractivity contribution in [2.45, 2.75) is 138 Å². The molecule has 0 radical (unpaired) electrons. The van der Waals surface area contributed by atoms with Crippen molar-refractivity contribution in [3.05, 3.63) is 0 Å². The van der Waals surface area contributed by atoms with Crippen molar-refractivity contribution in [3.63, 3.8) is 0 Å². The van der Waals surface area contributed by atoms with Gasteiger partial charge in [-0.1, -0.05) is 138 Å². The molecule has 0 N–H and O–H groups in total. The topological polar surface area (TPSA) is 0 Å². The summed E-state index contributed by atoms with van der Waals surface area (Å²) in [5.74, 6) is 4.06. The van der Waals surface area contributed by atoms with Crippen LogP contribution in [0.2, 0.25) is 0 Å². The minimum absolute atomic E-state index is 0. The summed E-state index contributed by atoms with van der Waals surface area (Å²) in [5.41, 5.74) is 0. The molecule has 0 nitrogen and oxygen atoms in total. The van der Waals surface area contributed by atoms with Gasteiger partial charge in [0, 0.05) is 42.1 Å². The Labute approximate surface area is 203 Å². The van der Waals surface area contributed by atoms with Gasteiger partial charge in [0.1, 0.15) is 0 Å². The van der Waals surface area contributed by atoms with Crippen LogP contribution in [0.3, 0.4) is 0 Å². The van der Waals surface area contributed by atoms with Crippen LogP contribution in [0.4, 0.5) is 0 Å². The van der Waals surface area contributed by atoms with E-state index in [1.165, 1.54) is 38.5 Å². The summed E-state index contributed by atoms with van der Waals surface area (Å²) in [6.07, 6.45) is 8.84. The van der Waals surface area contributed by atoms with E-state index in [0.29, 0.717) is 0 Å². The van der Waals surface area contributed by atoms with Gasteiger partial charge in [-0.05, 0) is 23.7 Å². The minimum Gasteiger partial charge on any atom is -0.0776 e. The van der Waals surface area contributed by atoms with Crippen molar-refractivity contribution in [1.82, 2.24) is 0 Å². The monoisotopic (exact) mass is 742 g/mol. The fourth-order valence-corrected chi connectivity index (χ4v) is 2.66. The fourth-order valence-electron chi connectivity index (χ4n) is 2.66. The van der Waals surface area contributed by atoms with Crippen molar-refractivity contribution < 1.29 is 42.1 Å². The summed E-state index contributed by atoms with van der Waals surface area (Å²) in [5, 5.41) is 0. The van der Waals surface area contributed by atoms with Gasteiger partial charge in [-0.15, -0.1) is 0 Å². The van der Waals surface area contributed by atoms with Crippen molar-refractivity contribution in [2.75, 3.05) is 0 Å². The molecule has 0 bridgehead atoms. The zero-order valence-corrected chi connectivity index (χ0v) is 19.7. The van der Waals surface area contributed by atoms with E-state index in [2.05, 4.69) is 27.7 Å². The molecule has 0 amide bonds. The van der Waals surface area contributed by atoms with Gasteiger partial charge in [0.25, 0.3) is 0 Å². The van der Waals surface area contributed by atoms with Gasteiger partial charge in [-0.25, -0.2) is 0 Å². The van der Waals surface area contributed by atoms with E-state index in [0.717, 1.165) is 23.7 Å². The summed E-state index contributed by atoms with van der Waals surface area (Å²) in [7, 11) is 0. The summed E-state index contributed by atoms with van der Waals surface area (Å²) in [4.78, 5) is 0. The van der Waals surface area contributed by atoms with Crippen LogP contribution >= 0.6 is 0 Å². The molecule has 2 aliphatic rings. The first kappa shape index (κ1) is 63.1. The molecule has 0 aromatic rings. The predicted molar refractivity (Wildman–Crippen MR) is 127 cm³/mol. The van der Waals surface area contributed by atoms with Gasteiger partial charge in [0.2, 0.25) is 0 Å². The molecule has 0 aliphatic heterocycles. The van der Waals surface area contributed by atoms with Crippen LogP contribution in [0, 0.1) is 23.7 Å². The van der Waals surface area contributed by atoms with Gasteiger partial charge >= 0.3 is 0 Å². The van der Waals surface area contributed by atoms with Crippen molar-refractivity contribution in [3.8, 4) is 0 Å². The van der Waals surface area contributed by atoms with Gasteiger partial charge in [0.15, 0.2) is 0 Å². The molecular weight excluding hydrogens is 678 g/mol. The molecule has 0 aromatic carbocycles. The normalized spacial score (nSPS) is 23.1. The Hall–Kier alpha value is 1.38. The third-order valence-corrected chi connectivity index (χ3v) is 4.58. The second kappa shape index (κ2) is 45.2. The Bertz CT molecular complexity index is 126. The molecule has 180 valence electrons. The van der Waals surface area contributed by atoms with Gasteiger partial charge in [-0.2, -0.15) is 0 Å². The Kier molecular flexibility index (Phi) is 110. The zero-order chi connectivity index (χ0) is 14.6. The van der Waals surface area contributed by atoms with Crippen LogP contribution in [0.5, 0.6) is 0 Å². The van der Waals surface area contributed by atoms with Gasteiger partial charge < -0.3 is 0 Å². The summed E-state index contributed by atoms with van der Waals surface area (Å²) in [6.45, 7) is 17.4. The molecular formula is C24H64Pt2. The molecule has 4 unspecified atom stereocenters. The Morgan fingerprint density at radius 1 is 0.385 bits per heavy atom. The molecule has 26 heavy (non-hydrogen) atoms. The van der Waals surface area contributed by atoms with E-state index in [-0.39, 0.29) is 86.7 Å². The molecule has 0 aromatic heterocycles. The maximum absolute atomic E-state index is 2.36. The third-order valence-electron chi connectivity index (χ3n) is 4.58. The Morgan fingerprint density at radius 3 is 0.538 bits per heavy atom. The van der Waals surface area contributed by atoms with Gasteiger partial charge in [0.05, 0.1) is 0 Å². The molecule has 0 saturated heterocycles. The predicted octanol–water partition coefficient (Wildman–Crippen LogP) is 10.7. The maximum Gasteiger partial charge on any atom is 0 e. The zero-order valence-electron chi connectivity index (χ0n) is 15.2. The van der Waals surface area contributed by atoms with Gasteiger partial charge in [-0.3, -0.25) is 0 Å². The molecule has 0 heterocycles. The second-order valence-corrected chi connectivity index (χ2v) is 5.77. The van der Waals surface area contributed by atoms with E-state index in [1.807, 2.05) is 27.7 Å². The van der Waals surface area contributed by atoms with E-state index in [1.54, 1.807) is 0 Å². The molecule has 2 fully saturated rings. The van der Waals surface area contributed by atoms with Crippen molar-refractivity contribution in [2.24, 2.45) is 23.7 Å². The molecule has 0 spiro atoms. The third kappa shape index (κ3) is 33.0. The average Bonchev–Trinajstić information content (AvgIpc) is 2.96. The number of hydrogen-bond acceptors (Lipinski definition) is 0. The maximum atomic E-state index is 2.36. The van der Waals surface area contributed by atoms with Crippen molar-refractivity contribution in [1.29, 1.82) is 0 Å². The van der Waals surface area contributed by atoms with Crippen molar-refractivity contribution >= 4 is 0 Å². The summed E-state index contributed by atoms with van der Waals surface area (Å²) >= 11 is 0. The van der Waals surface area contributed by atoms with E-state index in [9.17, 15) is 0 Å². The second-order valence-electron chi connectivity index (χ2n) is 5.77. The van der Waals surface area contributed by atoms with Crippen LogP contribution in [0.1, 0.15) is 138 Å². The quantitative estimate of drug-likeness (QED) is 0.232. The first-order chi connectivity index (χ1) is 8.61. The first-order valence-corrected chi connectivity index (χ1v) is 8.61. The molecule has 2 rings (SSSR count). The largest absolute Gasteiger partial charge is 0.0776 e. The van der Waals surface area contributed by atoms with E-state index >= 15 is 0 Å². The average molecular weight is 743 g/mol. The first-order valence-electron chi connectivity index (χ1n) is 8.61. The smallest absolute Gasteiger partial charge is 0 e. The Balaban J connectivity index is -0.0000000164. The molecule has 4 atom stereocenters. The summed E-state index contributed by atoms with van der Waals surface area (Å²) < 4.78 is 0. The van der Waals surface area contributed by atoms with E-state index in [4.69, 9.17) is 0 Å². The molecule has 2 heteroatoms. The SMILES string of the molecule is C.C.C.C.C.C.CC.CC.CC1CCCC1C.CC1CCCC1C.[Pt].[Pt]. The molecule has 2 aliphatic carbocycles. The van der Waals surface area contributed by atoms with E-state index < -0.39 is 0 Å². The standard InChI is InChI=1S/2C7H14.2C2H6.6CH4.2Pt/c2*1-6-4-3-5-7(6)2;2*1-2;;;;;;;;/h2*6-7H,3-5H2,1-2H3;2*1-2H3;6*1H4;;. The van der Waals surface area contributed by atoms with Crippen LogP contribution in [0.15, 0.2) is 0 Å². The van der Waals surface area contributed by atoms with Crippen LogP contribution < -0.4 is 0 Å². The van der Waals surface area contributed by atoms with Crippen LogP contribution in [-0.4, -0.2) is 0 Å². The Morgan fingerprint density at radius 2 is 0.500 bits per heavy atom. The summed E-state index contributed by atoms with van der Waals surface area (Å²) in [6, 6.07) is 0. The number of hydrogen-bond donors (Lipinski definition) is 0. The number of rotatable bonds is 0. The molecule has 2 saturated carbocycles. The van der Waals surface area contributed by atoms with Crippen LogP contribution in [0.25, 0.3) is 0 Å². The van der Waals surface area contributed by atoms with Crippen LogP contribution in [-0.2, 0) is 42.1 Å². The fraction of sp³-hybridized carbons (Fsp3) is 1.00. The minimum atomic E-state index is 0.